The summed E-state index contributed by atoms with van der Waals surface area (Å²) >= 11 is 1.28. The highest BCUT2D eigenvalue weighted by Crippen LogP contribution is 2.24. The Hall–Kier alpha value is -5.22. The Morgan fingerprint density at radius 2 is 1.60 bits per heavy atom. The second-order valence-corrected chi connectivity index (χ2v) is 10.4. The number of nitrogens with one attached hydrogen (secondary N) is 3. The van der Waals surface area contributed by atoms with Gasteiger partial charge in [-0.1, -0.05) is 54.1 Å². The van der Waals surface area contributed by atoms with E-state index in [2.05, 4.69) is 16.0 Å². The second-order valence-electron chi connectivity index (χ2n) is 9.36. The molecule has 0 aliphatic rings. The Kier molecular flexibility index (Phi) is 9.85. The molecular weight excluding hydrogens is 552 g/mol. The number of thioether (sulfide) groups is 1. The quantitative estimate of drug-likeness (QED) is 0.0867. The first-order valence-electron chi connectivity index (χ1n) is 12.9. The molecule has 4 rings (SSSR count). The fourth-order valence-electron chi connectivity index (χ4n) is 3.90. The Labute approximate surface area is 247 Å². The van der Waals surface area contributed by atoms with Crippen LogP contribution in [0, 0.1) is 24.0 Å². The molecule has 0 atom stereocenters. The Morgan fingerprint density at radius 3 is 2.29 bits per heavy atom. The first-order chi connectivity index (χ1) is 20.2. The molecular formula is C32H28N4O5S. The largest absolute Gasteiger partial charge is 0.325 e. The van der Waals surface area contributed by atoms with Crippen LogP contribution < -0.4 is 16.0 Å². The smallest absolute Gasteiger partial charge is 0.272 e. The van der Waals surface area contributed by atoms with Gasteiger partial charge in [0.1, 0.15) is 5.70 Å². The van der Waals surface area contributed by atoms with E-state index in [-0.39, 0.29) is 23.0 Å². The molecule has 0 unspecified atom stereocenters. The Balaban J connectivity index is 1.40. The number of rotatable bonds is 10. The van der Waals surface area contributed by atoms with Crippen molar-refractivity contribution in [1.29, 1.82) is 0 Å². The highest BCUT2D eigenvalue weighted by Gasteiger charge is 2.16. The van der Waals surface area contributed by atoms with E-state index >= 15 is 0 Å². The van der Waals surface area contributed by atoms with Gasteiger partial charge in [-0.15, -0.1) is 11.8 Å². The van der Waals surface area contributed by atoms with Crippen molar-refractivity contribution >= 4 is 52.6 Å². The molecule has 0 aliphatic heterocycles. The number of hydrogen-bond donors (Lipinski definition) is 3. The average Bonchev–Trinajstić information content (AvgIpc) is 2.98. The molecule has 4 aromatic carbocycles. The second kappa shape index (κ2) is 13.9. The molecule has 0 radical (unpaired) electrons. The third-order valence-electron chi connectivity index (χ3n) is 6.07. The molecule has 3 N–H and O–H groups in total. The van der Waals surface area contributed by atoms with Crippen molar-refractivity contribution in [2.45, 2.75) is 18.7 Å². The van der Waals surface area contributed by atoms with Gasteiger partial charge in [0, 0.05) is 28.3 Å². The maximum atomic E-state index is 13.2. The van der Waals surface area contributed by atoms with Gasteiger partial charge in [0.25, 0.3) is 17.5 Å². The maximum absolute atomic E-state index is 13.2. The lowest BCUT2D eigenvalue weighted by Crippen LogP contribution is -2.30. The zero-order chi connectivity index (χ0) is 30.1. The molecule has 0 fully saturated rings. The van der Waals surface area contributed by atoms with Crippen molar-refractivity contribution in [2.24, 2.45) is 0 Å². The molecule has 212 valence electrons. The maximum Gasteiger partial charge on any atom is 0.272 e. The number of non-ortho nitro benzene ring substituents is 1. The molecule has 3 amide bonds. The van der Waals surface area contributed by atoms with Crippen molar-refractivity contribution in [3.63, 3.8) is 0 Å². The number of benzene rings is 4. The summed E-state index contributed by atoms with van der Waals surface area (Å²) in [7, 11) is 0. The highest BCUT2D eigenvalue weighted by atomic mass is 32.2. The van der Waals surface area contributed by atoms with Gasteiger partial charge in [-0.2, -0.15) is 0 Å². The van der Waals surface area contributed by atoms with Crippen molar-refractivity contribution in [3.05, 3.63) is 135 Å². The van der Waals surface area contributed by atoms with Gasteiger partial charge < -0.3 is 16.0 Å². The summed E-state index contributed by atoms with van der Waals surface area (Å²) in [5, 5.41) is 19.3. The predicted octanol–water partition coefficient (Wildman–Crippen LogP) is 6.35. The van der Waals surface area contributed by atoms with Crippen LogP contribution in [0.15, 0.2) is 108 Å². The monoisotopic (exact) mass is 580 g/mol. The van der Waals surface area contributed by atoms with Crippen LogP contribution in [-0.4, -0.2) is 28.4 Å². The SMILES string of the molecule is Cc1cccc(/C=C(\NC(=O)c2ccccc2)C(=O)Nc2ccc(SCC(=O)Nc3cc([N+](=O)[O-])ccc3C)cc2)c1. The zero-order valence-corrected chi connectivity index (χ0v) is 23.7. The first-order valence-corrected chi connectivity index (χ1v) is 13.9. The number of hydrogen-bond acceptors (Lipinski definition) is 6. The number of nitrogens with zero attached hydrogens (tertiary/aromatic N) is 1. The van der Waals surface area contributed by atoms with Gasteiger partial charge in [-0.25, -0.2) is 0 Å². The minimum Gasteiger partial charge on any atom is -0.325 e. The topological polar surface area (TPSA) is 130 Å². The molecule has 0 aromatic heterocycles. The molecule has 42 heavy (non-hydrogen) atoms. The van der Waals surface area contributed by atoms with E-state index in [1.807, 2.05) is 31.2 Å². The minimum atomic E-state index is -0.511. The number of carbonyl (C=O) groups is 3. The van der Waals surface area contributed by atoms with Gasteiger partial charge in [0.2, 0.25) is 5.91 Å². The molecule has 4 aromatic rings. The van der Waals surface area contributed by atoms with Crippen LogP contribution in [-0.2, 0) is 9.59 Å². The summed E-state index contributed by atoms with van der Waals surface area (Å²) in [6, 6.07) is 27.4. The lowest BCUT2D eigenvalue weighted by atomic mass is 10.1. The number of nitro groups is 1. The number of aryl methyl sites for hydroxylation is 2. The summed E-state index contributed by atoms with van der Waals surface area (Å²) in [6.07, 6.45) is 1.62. The van der Waals surface area contributed by atoms with Gasteiger partial charge >= 0.3 is 0 Å². The van der Waals surface area contributed by atoms with Crippen LogP contribution >= 0.6 is 11.8 Å². The van der Waals surface area contributed by atoms with Crippen molar-refractivity contribution in [1.82, 2.24) is 5.32 Å². The standard InChI is InChI=1S/C32H28N4O5S/c1-21-7-6-8-23(17-21)18-29(35-31(38)24-9-4-3-5-10-24)32(39)33-25-12-15-27(16-13-25)42-20-30(37)34-28-19-26(36(40)41)14-11-22(28)2/h3-19H,20H2,1-2H3,(H,33,39)(H,34,37)(H,35,38)/b29-18-. The van der Waals surface area contributed by atoms with Crippen molar-refractivity contribution in [2.75, 3.05) is 16.4 Å². The fourth-order valence-corrected chi connectivity index (χ4v) is 4.59. The number of carbonyl (C=O) groups excluding carboxylic acids is 3. The van der Waals surface area contributed by atoms with Gasteiger partial charge in [0.15, 0.2) is 0 Å². The molecule has 9 nitrogen and oxygen atoms in total. The van der Waals surface area contributed by atoms with Gasteiger partial charge in [-0.3, -0.25) is 24.5 Å². The van der Waals surface area contributed by atoms with Crippen LogP contribution in [0.25, 0.3) is 6.08 Å². The van der Waals surface area contributed by atoms with E-state index in [0.717, 1.165) is 21.6 Å². The molecule has 0 bridgehead atoms. The Morgan fingerprint density at radius 1 is 0.857 bits per heavy atom. The van der Waals surface area contributed by atoms with E-state index in [1.165, 1.54) is 23.9 Å². The molecule has 0 heterocycles. The summed E-state index contributed by atoms with van der Waals surface area (Å²) in [6.45, 7) is 3.70. The van der Waals surface area contributed by atoms with Gasteiger partial charge in [-0.05, 0) is 67.4 Å². The van der Waals surface area contributed by atoms with E-state index in [4.69, 9.17) is 0 Å². The van der Waals surface area contributed by atoms with Crippen LogP contribution in [0.5, 0.6) is 0 Å². The number of amides is 3. The lowest BCUT2D eigenvalue weighted by molar-refractivity contribution is -0.384. The average molecular weight is 581 g/mol. The van der Waals surface area contributed by atoms with Crippen molar-refractivity contribution < 1.29 is 19.3 Å². The zero-order valence-electron chi connectivity index (χ0n) is 22.9. The molecule has 0 aliphatic carbocycles. The summed E-state index contributed by atoms with van der Waals surface area (Å²) in [4.78, 5) is 49.8. The Bertz CT molecular complexity index is 1650. The van der Waals surface area contributed by atoms with E-state index in [0.29, 0.717) is 16.9 Å². The predicted molar refractivity (Wildman–Crippen MR) is 165 cm³/mol. The highest BCUT2D eigenvalue weighted by molar-refractivity contribution is 8.00. The molecule has 0 saturated carbocycles. The summed E-state index contributed by atoms with van der Waals surface area (Å²) in [5.41, 5.74) is 3.80. The van der Waals surface area contributed by atoms with Crippen LogP contribution in [0.2, 0.25) is 0 Å². The fraction of sp³-hybridized carbons (Fsp3) is 0.0938. The molecule has 0 saturated heterocycles. The van der Waals surface area contributed by atoms with Crippen molar-refractivity contribution in [3.8, 4) is 0 Å². The first kappa shape index (κ1) is 29.8. The third-order valence-corrected chi connectivity index (χ3v) is 7.08. The number of nitro benzene ring substituents is 1. The van der Waals surface area contributed by atoms with Crippen LogP contribution in [0.4, 0.5) is 17.1 Å². The van der Waals surface area contributed by atoms with Crippen LogP contribution in [0.1, 0.15) is 27.0 Å². The molecule has 0 spiro atoms. The minimum absolute atomic E-state index is 0.0843. The lowest BCUT2D eigenvalue weighted by Gasteiger charge is -2.12. The third kappa shape index (κ3) is 8.39. The van der Waals surface area contributed by atoms with E-state index < -0.39 is 16.7 Å². The van der Waals surface area contributed by atoms with Crippen LogP contribution in [0.3, 0.4) is 0 Å². The normalized spacial score (nSPS) is 11.0. The van der Waals surface area contributed by atoms with Gasteiger partial charge in [0.05, 0.1) is 16.4 Å². The summed E-state index contributed by atoms with van der Waals surface area (Å²) in [5.74, 6) is -1.12. The van der Waals surface area contributed by atoms with E-state index in [9.17, 15) is 24.5 Å². The summed E-state index contributed by atoms with van der Waals surface area (Å²) < 4.78 is 0. The van der Waals surface area contributed by atoms with E-state index in [1.54, 1.807) is 73.7 Å². The molecule has 10 heteroatoms. The number of anilines is 2.